The van der Waals surface area contributed by atoms with Crippen LogP contribution < -0.4 is 20.1 Å². The van der Waals surface area contributed by atoms with E-state index in [1.165, 1.54) is 18.4 Å². The van der Waals surface area contributed by atoms with Gasteiger partial charge in [-0.05, 0) is 91.6 Å². The number of aromatic nitrogens is 1. The third-order valence-corrected chi connectivity index (χ3v) is 6.74. The minimum atomic E-state index is -0.178. The molecule has 1 aromatic heterocycles. The van der Waals surface area contributed by atoms with Crippen molar-refractivity contribution >= 4 is 11.7 Å². The van der Waals surface area contributed by atoms with Gasteiger partial charge < -0.3 is 20.1 Å². The normalized spacial score (nSPS) is 14.3. The predicted octanol–water partition coefficient (Wildman–Crippen LogP) is 6.71. The lowest BCUT2D eigenvalue weighted by Gasteiger charge is -2.22. The van der Waals surface area contributed by atoms with Crippen molar-refractivity contribution in [3.05, 3.63) is 83.7 Å². The second-order valence-corrected chi connectivity index (χ2v) is 9.41. The molecule has 3 aromatic rings. The van der Waals surface area contributed by atoms with Gasteiger partial charge in [0, 0.05) is 30.5 Å². The quantitative estimate of drug-likeness (QED) is 0.295. The molecular weight excluding hydrogens is 450 g/mol. The van der Waals surface area contributed by atoms with Gasteiger partial charge in [-0.15, -0.1) is 0 Å². The first-order valence-electron chi connectivity index (χ1n) is 13.0. The average Bonchev–Trinajstić information content (AvgIpc) is 3.41. The van der Waals surface area contributed by atoms with E-state index in [-0.39, 0.29) is 18.1 Å². The Kier molecular flexibility index (Phi) is 9.20. The SMILES string of the molecule is CCCCNC(=O)Nc1cccc([C@@H](Cc2ccncc2)c2ccc(OC)c(OC3CCCC3)c2)c1. The number of unbranched alkanes of at least 4 members (excludes halogenated alkanes) is 1. The Hall–Kier alpha value is -3.54. The fourth-order valence-corrected chi connectivity index (χ4v) is 4.76. The Balaban J connectivity index is 1.63. The van der Waals surface area contributed by atoms with Crippen LogP contribution in [0.15, 0.2) is 67.0 Å². The Bertz CT molecular complexity index is 1110. The molecule has 0 bridgehead atoms. The summed E-state index contributed by atoms with van der Waals surface area (Å²) < 4.78 is 12.0. The van der Waals surface area contributed by atoms with Crippen LogP contribution in [0.2, 0.25) is 0 Å². The lowest BCUT2D eigenvalue weighted by molar-refractivity contribution is 0.200. The summed E-state index contributed by atoms with van der Waals surface area (Å²) in [5.74, 6) is 1.62. The highest BCUT2D eigenvalue weighted by atomic mass is 16.5. The smallest absolute Gasteiger partial charge is 0.319 e. The van der Waals surface area contributed by atoms with Crippen molar-refractivity contribution in [3.63, 3.8) is 0 Å². The van der Waals surface area contributed by atoms with Crippen LogP contribution in [0.25, 0.3) is 0 Å². The Morgan fingerprint density at radius 2 is 1.81 bits per heavy atom. The molecule has 0 unspecified atom stereocenters. The van der Waals surface area contributed by atoms with Gasteiger partial charge in [-0.25, -0.2) is 4.79 Å². The number of anilines is 1. The average molecular weight is 488 g/mol. The molecule has 1 fully saturated rings. The lowest BCUT2D eigenvalue weighted by Crippen LogP contribution is -2.29. The van der Waals surface area contributed by atoms with E-state index in [0.29, 0.717) is 6.54 Å². The number of amides is 2. The monoisotopic (exact) mass is 487 g/mol. The summed E-state index contributed by atoms with van der Waals surface area (Å²) in [4.78, 5) is 16.5. The maximum absolute atomic E-state index is 12.3. The number of ether oxygens (including phenoxy) is 2. The predicted molar refractivity (Wildman–Crippen MR) is 144 cm³/mol. The van der Waals surface area contributed by atoms with Gasteiger partial charge in [0.15, 0.2) is 11.5 Å². The van der Waals surface area contributed by atoms with Crippen LogP contribution in [0.4, 0.5) is 10.5 Å². The highest BCUT2D eigenvalue weighted by Gasteiger charge is 2.22. The van der Waals surface area contributed by atoms with Crippen molar-refractivity contribution in [1.29, 1.82) is 0 Å². The number of carbonyl (C=O) groups excluding carboxylic acids is 1. The summed E-state index contributed by atoms with van der Waals surface area (Å²) in [5.41, 5.74) is 4.23. The van der Waals surface area contributed by atoms with Crippen LogP contribution in [-0.2, 0) is 6.42 Å². The number of methoxy groups -OCH3 is 1. The van der Waals surface area contributed by atoms with Gasteiger partial charge in [0.2, 0.25) is 0 Å². The maximum atomic E-state index is 12.3. The summed E-state index contributed by atoms with van der Waals surface area (Å²) in [6.07, 6.45) is 11.3. The number of carbonyl (C=O) groups is 1. The molecule has 2 amide bonds. The summed E-state index contributed by atoms with van der Waals surface area (Å²) in [6, 6.07) is 18.3. The fraction of sp³-hybridized carbons (Fsp3) is 0.400. The van der Waals surface area contributed by atoms with Crippen LogP contribution in [0, 0.1) is 0 Å². The molecule has 1 saturated carbocycles. The van der Waals surface area contributed by atoms with Gasteiger partial charge in [0.1, 0.15) is 0 Å². The largest absolute Gasteiger partial charge is 0.493 e. The molecule has 1 heterocycles. The fourth-order valence-electron chi connectivity index (χ4n) is 4.76. The number of pyridine rings is 1. The maximum Gasteiger partial charge on any atom is 0.319 e. The summed E-state index contributed by atoms with van der Waals surface area (Å²) in [6.45, 7) is 2.78. The van der Waals surface area contributed by atoms with E-state index in [1.807, 2.05) is 30.6 Å². The summed E-state index contributed by atoms with van der Waals surface area (Å²) in [5, 5.41) is 5.90. The number of hydrogen-bond donors (Lipinski definition) is 2. The lowest BCUT2D eigenvalue weighted by atomic mass is 9.85. The van der Waals surface area contributed by atoms with Crippen molar-refractivity contribution in [3.8, 4) is 11.5 Å². The van der Waals surface area contributed by atoms with Gasteiger partial charge in [-0.3, -0.25) is 4.98 Å². The molecule has 0 radical (unpaired) electrons. The molecule has 1 aliphatic rings. The Morgan fingerprint density at radius 3 is 2.56 bits per heavy atom. The van der Waals surface area contributed by atoms with E-state index < -0.39 is 0 Å². The van der Waals surface area contributed by atoms with Crippen LogP contribution in [0.3, 0.4) is 0 Å². The van der Waals surface area contributed by atoms with Crippen LogP contribution in [0.1, 0.15) is 68.1 Å². The molecule has 190 valence electrons. The number of rotatable bonds is 11. The minimum Gasteiger partial charge on any atom is -0.493 e. The Labute approximate surface area is 214 Å². The number of nitrogens with zero attached hydrogens (tertiary/aromatic N) is 1. The van der Waals surface area contributed by atoms with Gasteiger partial charge >= 0.3 is 6.03 Å². The van der Waals surface area contributed by atoms with Gasteiger partial charge in [-0.1, -0.05) is 31.5 Å². The standard InChI is InChI=1S/C30H37N3O3/c1-3-4-16-32-30(34)33-25-9-7-8-23(20-25)27(19-22-14-17-31-18-15-22)24-12-13-28(35-2)29(21-24)36-26-10-5-6-11-26/h7-9,12-15,17-18,20-21,26-27H,3-6,10-11,16,19H2,1-2H3,(H2,32,33,34)/t27-/m1/s1. The third-order valence-electron chi connectivity index (χ3n) is 6.74. The second kappa shape index (κ2) is 13.0. The highest BCUT2D eigenvalue weighted by molar-refractivity contribution is 5.89. The van der Waals surface area contributed by atoms with E-state index in [4.69, 9.17) is 9.47 Å². The molecule has 2 aromatic carbocycles. The number of hydrogen-bond acceptors (Lipinski definition) is 4. The van der Waals surface area contributed by atoms with Crippen molar-refractivity contribution in [2.45, 2.75) is 63.9 Å². The van der Waals surface area contributed by atoms with Crippen LogP contribution in [-0.4, -0.2) is 30.8 Å². The minimum absolute atomic E-state index is 0.0640. The molecule has 1 aliphatic carbocycles. The zero-order valence-corrected chi connectivity index (χ0v) is 21.3. The van der Waals surface area contributed by atoms with Crippen molar-refractivity contribution < 1.29 is 14.3 Å². The number of nitrogens with one attached hydrogen (secondary N) is 2. The van der Waals surface area contributed by atoms with Gasteiger partial charge in [-0.2, -0.15) is 0 Å². The van der Waals surface area contributed by atoms with E-state index in [0.717, 1.165) is 60.4 Å². The Morgan fingerprint density at radius 1 is 1.03 bits per heavy atom. The number of urea groups is 1. The van der Waals surface area contributed by atoms with Gasteiger partial charge in [0.05, 0.1) is 13.2 Å². The zero-order chi connectivity index (χ0) is 25.2. The molecule has 0 spiro atoms. The first-order valence-corrected chi connectivity index (χ1v) is 13.0. The van der Waals surface area contributed by atoms with Crippen molar-refractivity contribution in [1.82, 2.24) is 10.3 Å². The highest BCUT2D eigenvalue weighted by Crippen LogP contribution is 2.37. The molecule has 0 aliphatic heterocycles. The molecule has 6 nitrogen and oxygen atoms in total. The first kappa shape index (κ1) is 25.5. The third kappa shape index (κ3) is 7.00. The topological polar surface area (TPSA) is 72.5 Å². The number of benzene rings is 2. The molecule has 2 N–H and O–H groups in total. The zero-order valence-electron chi connectivity index (χ0n) is 21.3. The van der Waals surface area contributed by atoms with E-state index in [1.54, 1.807) is 7.11 Å². The molecule has 6 heteroatoms. The summed E-state index contributed by atoms with van der Waals surface area (Å²) >= 11 is 0. The van der Waals surface area contributed by atoms with Crippen molar-refractivity contribution in [2.24, 2.45) is 0 Å². The molecule has 36 heavy (non-hydrogen) atoms. The molecule has 1 atom stereocenters. The van der Waals surface area contributed by atoms with Crippen LogP contribution in [0.5, 0.6) is 11.5 Å². The molecule has 4 rings (SSSR count). The van der Waals surface area contributed by atoms with E-state index in [2.05, 4.69) is 58.9 Å². The van der Waals surface area contributed by atoms with Gasteiger partial charge in [0.25, 0.3) is 0 Å². The van der Waals surface area contributed by atoms with Crippen LogP contribution >= 0.6 is 0 Å². The molecular formula is C30H37N3O3. The van der Waals surface area contributed by atoms with E-state index in [9.17, 15) is 4.79 Å². The molecule has 0 saturated heterocycles. The van der Waals surface area contributed by atoms with Crippen molar-refractivity contribution in [2.75, 3.05) is 19.0 Å². The second-order valence-electron chi connectivity index (χ2n) is 9.41. The van der Waals surface area contributed by atoms with E-state index >= 15 is 0 Å². The first-order chi connectivity index (χ1) is 17.7. The summed E-state index contributed by atoms with van der Waals surface area (Å²) in [7, 11) is 1.69.